The first kappa shape index (κ1) is 41.2. The molecule has 0 atom stereocenters. The Labute approximate surface area is 299 Å². The molecule has 1 heterocycles. The third kappa shape index (κ3) is 16.7. The zero-order valence-corrected chi connectivity index (χ0v) is 31.3. The van der Waals surface area contributed by atoms with Gasteiger partial charge in [0, 0.05) is 37.7 Å². The van der Waals surface area contributed by atoms with Gasteiger partial charge < -0.3 is 44.4 Å². The number of nitrogens with one attached hydrogen (secondary N) is 3. The fourth-order valence-electron chi connectivity index (χ4n) is 5.06. The van der Waals surface area contributed by atoms with E-state index in [-0.39, 0.29) is 35.6 Å². The van der Waals surface area contributed by atoms with Crippen LogP contribution in [0.5, 0.6) is 11.5 Å². The van der Waals surface area contributed by atoms with Crippen molar-refractivity contribution in [3.63, 3.8) is 0 Å². The van der Waals surface area contributed by atoms with E-state index in [1.165, 1.54) is 16.7 Å². The molecule has 2 amide bonds. The lowest BCUT2D eigenvalue weighted by atomic mass is 9.79. The molecule has 0 spiro atoms. The second kappa shape index (κ2) is 21.9. The van der Waals surface area contributed by atoms with Crippen LogP contribution >= 0.6 is 0 Å². The number of unbranched alkanes of at least 4 members (excludes halogenated alkanes) is 1. The molecular formula is C39H61N3O8. The fourth-order valence-corrected chi connectivity index (χ4v) is 5.06. The summed E-state index contributed by atoms with van der Waals surface area (Å²) in [4.78, 5) is 25.1. The summed E-state index contributed by atoms with van der Waals surface area (Å²) in [5.41, 5.74) is 4.73. The molecule has 0 fully saturated rings. The van der Waals surface area contributed by atoms with Crippen molar-refractivity contribution in [2.45, 2.75) is 84.6 Å². The number of carbonyl (C=O) groups excluding carboxylic acids is 2. The van der Waals surface area contributed by atoms with Crippen LogP contribution < -0.4 is 25.4 Å². The van der Waals surface area contributed by atoms with E-state index in [2.05, 4.69) is 75.7 Å². The molecule has 2 aromatic carbocycles. The Balaban J connectivity index is 1.35. The van der Waals surface area contributed by atoms with Crippen LogP contribution in [-0.2, 0) is 45.9 Å². The third-order valence-corrected chi connectivity index (χ3v) is 8.05. The lowest BCUT2D eigenvalue weighted by molar-refractivity contribution is -0.121. The first-order valence-corrected chi connectivity index (χ1v) is 18.0. The smallest absolute Gasteiger partial charge is 0.226 e. The Bertz CT molecular complexity index is 1270. The van der Waals surface area contributed by atoms with Crippen molar-refractivity contribution in [1.82, 2.24) is 10.6 Å². The van der Waals surface area contributed by atoms with Crippen molar-refractivity contribution in [1.29, 1.82) is 0 Å². The van der Waals surface area contributed by atoms with E-state index in [1.807, 2.05) is 0 Å². The van der Waals surface area contributed by atoms with Gasteiger partial charge in [0.1, 0.15) is 13.2 Å². The quantitative estimate of drug-likeness (QED) is 0.260. The second-order valence-electron chi connectivity index (χ2n) is 14.5. The molecule has 2 aromatic rings. The van der Waals surface area contributed by atoms with Crippen LogP contribution in [0.15, 0.2) is 36.4 Å². The highest BCUT2D eigenvalue weighted by Crippen LogP contribution is 2.31. The van der Waals surface area contributed by atoms with Gasteiger partial charge >= 0.3 is 0 Å². The lowest BCUT2D eigenvalue weighted by Gasteiger charge is -2.26. The molecule has 0 bridgehead atoms. The SMILES string of the molecule is CC(C)(C)c1cc(CNCCCCC(=O)NCCC(=O)Nc2ccc3c(c2)OCCOCCOCCOCCOCCO3)cc(C(C)(C)C)c1. The van der Waals surface area contributed by atoms with Gasteiger partial charge in [-0.05, 0) is 59.0 Å². The number of fused-ring (bicyclic) bond motifs is 1. The normalized spacial score (nSPS) is 15.8. The molecule has 3 rings (SSSR count). The predicted molar refractivity (Wildman–Crippen MR) is 196 cm³/mol. The summed E-state index contributed by atoms with van der Waals surface area (Å²) in [5.74, 6) is 0.770. The summed E-state index contributed by atoms with van der Waals surface area (Å²) in [5, 5.41) is 9.29. The molecule has 0 aliphatic carbocycles. The molecule has 3 N–H and O–H groups in total. The summed E-state index contributed by atoms with van der Waals surface area (Å²) in [6.45, 7) is 19.7. The van der Waals surface area contributed by atoms with Gasteiger partial charge in [-0.25, -0.2) is 0 Å². The molecule has 11 nitrogen and oxygen atoms in total. The summed E-state index contributed by atoms with van der Waals surface area (Å²) >= 11 is 0. The molecule has 11 heteroatoms. The van der Waals surface area contributed by atoms with Gasteiger partial charge in [-0.3, -0.25) is 9.59 Å². The minimum absolute atomic E-state index is 0.0508. The van der Waals surface area contributed by atoms with Crippen LogP contribution in [0.4, 0.5) is 5.69 Å². The molecule has 1 aliphatic rings. The Hall–Kier alpha value is -3.22. The van der Waals surface area contributed by atoms with Crippen molar-refractivity contribution < 1.29 is 38.0 Å². The van der Waals surface area contributed by atoms with E-state index in [0.717, 1.165) is 25.9 Å². The van der Waals surface area contributed by atoms with E-state index in [0.29, 0.717) is 89.7 Å². The standard InChI is InChI=1S/C39H61N3O8/c1-38(2,3)31-25-30(26-32(27-31)39(4,5)6)29-40-13-8-7-9-36(43)41-14-12-37(44)42-33-10-11-34-35(28-33)50-24-22-48-20-18-46-16-15-45-17-19-47-21-23-49-34/h10-11,25-28,40H,7-9,12-24,29H2,1-6H3,(H,41,43)(H,42,44). The number of ether oxygens (including phenoxy) is 6. The summed E-state index contributed by atoms with van der Waals surface area (Å²) in [6, 6.07) is 12.2. The van der Waals surface area contributed by atoms with Gasteiger partial charge in [-0.2, -0.15) is 0 Å². The zero-order chi connectivity index (χ0) is 36.2. The van der Waals surface area contributed by atoms with Crippen LogP contribution in [0.25, 0.3) is 0 Å². The number of amides is 2. The molecule has 1 aliphatic heterocycles. The number of carbonyl (C=O) groups is 2. The highest BCUT2D eigenvalue weighted by atomic mass is 16.6. The van der Waals surface area contributed by atoms with Gasteiger partial charge in [0.05, 0.1) is 52.9 Å². The molecule has 280 valence electrons. The van der Waals surface area contributed by atoms with Crippen molar-refractivity contribution in [3.05, 3.63) is 53.1 Å². The second-order valence-corrected chi connectivity index (χ2v) is 14.5. The van der Waals surface area contributed by atoms with Crippen LogP contribution in [0.3, 0.4) is 0 Å². The summed E-state index contributed by atoms with van der Waals surface area (Å²) in [6.07, 6.45) is 2.25. The monoisotopic (exact) mass is 699 g/mol. The summed E-state index contributed by atoms with van der Waals surface area (Å²) < 4.78 is 33.9. The van der Waals surface area contributed by atoms with Crippen molar-refractivity contribution in [3.8, 4) is 11.5 Å². The van der Waals surface area contributed by atoms with Crippen LogP contribution in [0, 0.1) is 0 Å². The average molecular weight is 700 g/mol. The molecular weight excluding hydrogens is 638 g/mol. The maximum atomic E-state index is 12.7. The number of hydrogen-bond acceptors (Lipinski definition) is 9. The number of benzene rings is 2. The first-order chi connectivity index (χ1) is 23.9. The van der Waals surface area contributed by atoms with Crippen molar-refractivity contribution >= 4 is 17.5 Å². The molecule has 0 saturated heterocycles. The fraction of sp³-hybridized carbons (Fsp3) is 0.641. The molecule has 50 heavy (non-hydrogen) atoms. The van der Waals surface area contributed by atoms with Gasteiger partial charge in [-0.1, -0.05) is 59.7 Å². The van der Waals surface area contributed by atoms with Crippen LogP contribution in [0.2, 0.25) is 0 Å². The molecule has 0 saturated carbocycles. The van der Waals surface area contributed by atoms with E-state index in [1.54, 1.807) is 18.2 Å². The molecule has 0 radical (unpaired) electrons. The Morgan fingerprint density at radius 3 is 1.70 bits per heavy atom. The third-order valence-electron chi connectivity index (χ3n) is 8.05. The van der Waals surface area contributed by atoms with E-state index in [4.69, 9.17) is 28.4 Å². The minimum Gasteiger partial charge on any atom is -0.487 e. The number of hydrogen-bond donors (Lipinski definition) is 3. The zero-order valence-electron chi connectivity index (χ0n) is 31.3. The Morgan fingerprint density at radius 1 is 0.600 bits per heavy atom. The number of anilines is 1. The average Bonchev–Trinajstić information content (AvgIpc) is 3.05. The Morgan fingerprint density at radius 2 is 1.14 bits per heavy atom. The van der Waals surface area contributed by atoms with E-state index >= 15 is 0 Å². The topological polar surface area (TPSA) is 126 Å². The van der Waals surface area contributed by atoms with Gasteiger partial charge in [-0.15, -0.1) is 0 Å². The van der Waals surface area contributed by atoms with Crippen LogP contribution in [0.1, 0.15) is 83.9 Å². The lowest BCUT2D eigenvalue weighted by Crippen LogP contribution is -2.27. The maximum absolute atomic E-state index is 12.7. The van der Waals surface area contributed by atoms with Gasteiger partial charge in [0.15, 0.2) is 11.5 Å². The first-order valence-electron chi connectivity index (χ1n) is 18.0. The van der Waals surface area contributed by atoms with Crippen molar-refractivity contribution in [2.24, 2.45) is 0 Å². The largest absolute Gasteiger partial charge is 0.487 e. The highest BCUT2D eigenvalue weighted by Gasteiger charge is 2.20. The minimum atomic E-state index is -0.209. The van der Waals surface area contributed by atoms with E-state index in [9.17, 15) is 9.59 Å². The van der Waals surface area contributed by atoms with E-state index < -0.39 is 0 Å². The number of rotatable bonds is 11. The highest BCUT2D eigenvalue weighted by molar-refractivity contribution is 5.91. The van der Waals surface area contributed by atoms with Crippen LogP contribution in [-0.4, -0.2) is 91.0 Å². The van der Waals surface area contributed by atoms with Gasteiger partial charge in [0.2, 0.25) is 11.8 Å². The summed E-state index contributed by atoms with van der Waals surface area (Å²) in [7, 11) is 0. The molecule has 0 unspecified atom stereocenters. The maximum Gasteiger partial charge on any atom is 0.226 e. The molecule has 0 aromatic heterocycles. The van der Waals surface area contributed by atoms with Gasteiger partial charge in [0.25, 0.3) is 0 Å². The van der Waals surface area contributed by atoms with Crippen molar-refractivity contribution in [2.75, 3.05) is 84.5 Å². The predicted octanol–water partition coefficient (Wildman–Crippen LogP) is 5.52. The Kier molecular flexibility index (Phi) is 18.0.